The van der Waals surface area contributed by atoms with Crippen molar-refractivity contribution in [2.24, 2.45) is 0 Å². The summed E-state index contributed by atoms with van der Waals surface area (Å²) >= 11 is 1.58. The summed E-state index contributed by atoms with van der Waals surface area (Å²) in [7, 11) is 0. The fourth-order valence-corrected chi connectivity index (χ4v) is 2.87. The molecule has 2 aromatic rings. The Morgan fingerprint density at radius 1 is 1.38 bits per heavy atom. The average molecular weight is 304 g/mol. The summed E-state index contributed by atoms with van der Waals surface area (Å²) < 4.78 is 0. The smallest absolute Gasteiger partial charge is 0.226 e. The number of carbonyl (C=O) groups is 1. The molecular formula is C16H20N2O2S. The lowest BCUT2D eigenvalue weighted by molar-refractivity contribution is -0.121. The van der Waals surface area contributed by atoms with Gasteiger partial charge in [0.2, 0.25) is 5.91 Å². The van der Waals surface area contributed by atoms with Gasteiger partial charge in [-0.25, -0.2) is 4.98 Å². The third-order valence-electron chi connectivity index (χ3n) is 3.11. The van der Waals surface area contributed by atoms with Crippen LogP contribution in [-0.2, 0) is 17.6 Å². The molecule has 0 saturated carbocycles. The Hall–Kier alpha value is -1.72. The molecule has 0 aliphatic rings. The molecule has 0 spiro atoms. The van der Waals surface area contributed by atoms with Gasteiger partial charge in [-0.15, -0.1) is 11.3 Å². The van der Waals surface area contributed by atoms with Crippen LogP contribution in [-0.4, -0.2) is 28.6 Å². The van der Waals surface area contributed by atoms with Gasteiger partial charge in [0.25, 0.3) is 0 Å². The lowest BCUT2D eigenvalue weighted by atomic mass is 10.2. The van der Waals surface area contributed by atoms with Crippen molar-refractivity contribution in [3.8, 4) is 0 Å². The molecule has 0 aliphatic heterocycles. The molecular weight excluding hydrogens is 284 g/mol. The number of hydrogen-bond donors (Lipinski definition) is 2. The summed E-state index contributed by atoms with van der Waals surface area (Å²) in [5.41, 5.74) is 2.03. The summed E-state index contributed by atoms with van der Waals surface area (Å²) in [6.07, 6.45) is 1.66. The SMILES string of the molecule is CC(CCO)NC(=O)Cc1csc(Cc2ccccc2)n1. The molecule has 1 aromatic heterocycles. The molecule has 2 rings (SSSR count). The van der Waals surface area contributed by atoms with Gasteiger partial charge in [0.1, 0.15) is 0 Å². The van der Waals surface area contributed by atoms with Crippen LogP contribution in [0.25, 0.3) is 0 Å². The Bertz CT molecular complexity index is 569. The van der Waals surface area contributed by atoms with E-state index >= 15 is 0 Å². The van der Waals surface area contributed by atoms with Crippen LogP contribution < -0.4 is 5.32 Å². The normalized spacial score (nSPS) is 12.1. The Morgan fingerprint density at radius 2 is 2.14 bits per heavy atom. The van der Waals surface area contributed by atoms with E-state index in [1.807, 2.05) is 30.5 Å². The maximum absolute atomic E-state index is 11.8. The quantitative estimate of drug-likeness (QED) is 0.824. The van der Waals surface area contributed by atoms with Crippen molar-refractivity contribution in [3.63, 3.8) is 0 Å². The molecule has 2 N–H and O–H groups in total. The number of thiazole rings is 1. The number of rotatable bonds is 7. The number of benzene rings is 1. The molecule has 0 aliphatic carbocycles. The number of nitrogens with one attached hydrogen (secondary N) is 1. The van der Waals surface area contributed by atoms with Crippen molar-refractivity contribution in [2.75, 3.05) is 6.61 Å². The molecule has 0 fully saturated rings. The van der Waals surface area contributed by atoms with E-state index in [1.165, 1.54) is 5.56 Å². The highest BCUT2D eigenvalue weighted by molar-refractivity contribution is 7.09. The van der Waals surface area contributed by atoms with E-state index in [4.69, 9.17) is 5.11 Å². The lowest BCUT2D eigenvalue weighted by Crippen LogP contribution is -2.34. The van der Waals surface area contributed by atoms with E-state index in [9.17, 15) is 4.79 Å². The molecule has 112 valence electrons. The van der Waals surface area contributed by atoms with Crippen molar-refractivity contribution in [2.45, 2.75) is 32.2 Å². The topological polar surface area (TPSA) is 62.2 Å². The van der Waals surface area contributed by atoms with Crippen LogP contribution >= 0.6 is 11.3 Å². The van der Waals surface area contributed by atoms with Gasteiger partial charge in [0, 0.05) is 24.4 Å². The van der Waals surface area contributed by atoms with Crippen molar-refractivity contribution in [1.82, 2.24) is 10.3 Å². The number of aromatic nitrogens is 1. The van der Waals surface area contributed by atoms with E-state index in [0.717, 1.165) is 17.1 Å². The van der Waals surface area contributed by atoms with Crippen LogP contribution in [0.3, 0.4) is 0 Å². The molecule has 4 nitrogen and oxygen atoms in total. The summed E-state index contributed by atoms with van der Waals surface area (Å²) in [4.78, 5) is 16.3. The van der Waals surface area contributed by atoms with E-state index in [-0.39, 0.29) is 18.6 Å². The second-order valence-corrected chi connectivity index (χ2v) is 6.00. The van der Waals surface area contributed by atoms with Crippen LogP contribution in [0.4, 0.5) is 0 Å². The van der Waals surface area contributed by atoms with Gasteiger partial charge < -0.3 is 10.4 Å². The zero-order valence-corrected chi connectivity index (χ0v) is 12.9. The molecule has 0 bridgehead atoms. The first-order valence-electron chi connectivity index (χ1n) is 7.05. The lowest BCUT2D eigenvalue weighted by Gasteiger charge is -2.11. The number of carbonyl (C=O) groups excluding carboxylic acids is 1. The summed E-state index contributed by atoms with van der Waals surface area (Å²) in [6, 6.07) is 10.2. The highest BCUT2D eigenvalue weighted by Crippen LogP contribution is 2.15. The molecule has 21 heavy (non-hydrogen) atoms. The maximum atomic E-state index is 11.8. The van der Waals surface area contributed by atoms with Gasteiger partial charge in [-0.2, -0.15) is 0 Å². The second kappa shape index (κ2) is 7.90. The van der Waals surface area contributed by atoms with Crippen LogP contribution in [0.1, 0.15) is 29.6 Å². The largest absolute Gasteiger partial charge is 0.396 e. The minimum absolute atomic E-state index is 0.00933. The summed E-state index contributed by atoms with van der Waals surface area (Å²) in [6.45, 7) is 1.97. The number of nitrogens with zero attached hydrogens (tertiary/aromatic N) is 1. The maximum Gasteiger partial charge on any atom is 0.226 e. The third kappa shape index (κ3) is 5.28. The Balaban J connectivity index is 1.87. The van der Waals surface area contributed by atoms with Crippen molar-refractivity contribution >= 4 is 17.2 Å². The molecule has 1 unspecified atom stereocenters. The number of aliphatic hydroxyl groups is 1. The average Bonchev–Trinajstić information content (AvgIpc) is 2.87. The van der Waals surface area contributed by atoms with Crippen molar-refractivity contribution < 1.29 is 9.90 Å². The predicted molar refractivity (Wildman–Crippen MR) is 84.4 cm³/mol. The zero-order valence-electron chi connectivity index (χ0n) is 12.1. The highest BCUT2D eigenvalue weighted by atomic mass is 32.1. The minimum atomic E-state index is -0.0486. The minimum Gasteiger partial charge on any atom is -0.396 e. The molecule has 1 heterocycles. The Kier molecular flexibility index (Phi) is 5.90. The predicted octanol–water partition coefficient (Wildman–Crippen LogP) is 2.16. The van der Waals surface area contributed by atoms with Crippen molar-refractivity contribution in [3.05, 3.63) is 52.0 Å². The number of aliphatic hydroxyl groups excluding tert-OH is 1. The standard InChI is InChI=1S/C16H20N2O2S/c1-12(7-8-19)17-15(20)10-14-11-21-16(18-14)9-13-5-3-2-4-6-13/h2-6,11-12,19H,7-10H2,1H3,(H,17,20). The van der Waals surface area contributed by atoms with E-state index in [2.05, 4.69) is 22.4 Å². The van der Waals surface area contributed by atoms with Gasteiger partial charge >= 0.3 is 0 Å². The first kappa shape index (κ1) is 15.7. The zero-order chi connectivity index (χ0) is 15.1. The first-order valence-corrected chi connectivity index (χ1v) is 7.92. The van der Waals surface area contributed by atoms with Crippen LogP contribution in [0.15, 0.2) is 35.7 Å². The molecule has 1 atom stereocenters. The second-order valence-electron chi connectivity index (χ2n) is 5.05. The van der Waals surface area contributed by atoms with Gasteiger partial charge in [0.15, 0.2) is 0 Å². The molecule has 1 aromatic carbocycles. The van der Waals surface area contributed by atoms with Gasteiger partial charge in [0.05, 0.1) is 17.1 Å². The fraction of sp³-hybridized carbons (Fsp3) is 0.375. The highest BCUT2D eigenvalue weighted by Gasteiger charge is 2.10. The van der Waals surface area contributed by atoms with E-state index in [0.29, 0.717) is 12.8 Å². The molecule has 0 saturated heterocycles. The van der Waals surface area contributed by atoms with Gasteiger partial charge in [-0.1, -0.05) is 30.3 Å². The van der Waals surface area contributed by atoms with Crippen molar-refractivity contribution in [1.29, 1.82) is 0 Å². The monoisotopic (exact) mass is 304 g/mol. The van der Waals surface area contributed by atoms with Gasteiger partial charge in [-0.3, -0.25) is 4.79 Å². The molecule has 0 radical (unpaired) electrons. The van der Waals surface area contributed by atoms with Crippen LogP contribution in [0.5, 0.6) is 0 Å². The van der Waals surface area contributed by atoms with E-state index < -0.39 is 0 Å². The Labute approximate surface area is 128 Å². The first-order chi connectivity index (χ1) is 10.2. The molecule has 5 heteroatoms. The number of amides is 1. The molecule has 1 amide bonds. The summed E-state index contributed by atoms with van der Waals surface area (Å²) in [5, 5.41) is 14.6. The van der Waals surface area contributed by atoms with E-state index in [1.54, 1.807) is 11.3 Å². The van der Waals surface area contributed by atoms with Gasteiger partial charge in [-0.05, 0) is 18.9 Å². The Morgan fingerprint density at radius 3 is 2.86 bits per heavy atom. The summed E-state index contributed by atoms with van der Waals surface area (Å²) in [5.74, 6) is -0.0486. The van der Waals surface area contributed by atoms with Crippen LogP contribution in [0.2, 0.25) is 0 Å². The van der Waals surface area contributed by atoms with Crippen LogP contribution in [0, 0.1) is 0 Å². The third-order valence-corrected chi connectivity index (χ3v) is 4.01. The number of hydrogen-bond acceptors (Lipinski definition) is 4. The fourth-order valence-electron chi connectivity index (χ4n) is 2.04.